The van der Waals surface area contributed by atoms with E-state index in [0.717, 1.165) is 38.3 Å². The van der Waals surface area contributed by atoms with Crippen LogP contribution in [0.4, 0.5) is 10.1 Å². The number of rotatable bonds is 6. The predicted octanol–water partition coefficient (Wildman–Crippen LogP) is 2.58. The van der Waals surface area contributed by atoms with Gasteiger partial charge < -0.3 is 10.2 Å². The van der Waals surface area contributed by atoms with E-state index in [-0.39, 0.29) is 5.82 Å². The lowest BCUT2D eigenvalue weighted by Gasteiger charge is -2.19. The van der Waals surface area contributed by atoms with E-state index >= 15 is 0 Å². The number of hydrogen-bond donors (Lipinski definition) is 1. The second kappa shape index (κ2) is 6.01. The third-order valence-corrected chi connectivity index (χ3v) is 3.32. The molecule has 1 N–H and O–H groups in total. The molecule has 0 bridgehead atoms. The first-order chi connectivity index (χ1) is 8.31. The van der Waals surface area contributed by atoms with Crippen molar-refractivity contribution in [3.8, 4) is 0 Å². The molecule has 0 unspecified atom stereocenters. The largest absolute Gasteiger partial charge is 0.371 e. The van der Waals surface area contributed by atoms with Gasteiger partial charge in [0.25, 0.3) is 0 Å². The summed E-state index contributed by atoms with van der Waals surface area (Å²) in [7, 11) is 0. The van der Waals surface area contributed by atoms with Crippen LogP contribution in [0.3, 0.4) is 0 Å². The molecule has 0 saturated heterocycles. The molecule has 17 heavy (non-hydrogen) atoms. The van der Waals surface area contributed by atoms with E-state index in [4.69, 9.17) is 0 Å². The molecule has 0 aliphatic carbocycles. The van der Waals surface area contributed by atoms with Crippen LogP contribution < -0.4 is 10.2 Å². The third-order valence-electron chi connectivity index (χ3n) is 3.32. The molecule has 0 fully saturated rings. The van der Waals surface area contributed by atoms with Crippen molar-refractivity contribution < 1.29 is 4.39 Å². The zero-order valence-corrected chi connectivity index (χ0v) is 10.5. The first-order valence-corrected chi connectivity index (χ1v) is 6.55. The molecular weight excluding hydrogens is 215 g/mol. The smallest absolute Gasteiger partial charge is 0.125 e. The van der Waals surface area contributed by atoms with Crippen molar-refractivity contribution in [2.24, 2.45) is 0 Å². The Hall–Kier alpha value is -1.09. The molecule has 0 radical (unpaired) electrons. The molecule has 1 aromatic carbocycles. The van der Waals surface area contributed by atoms with E-state index in [1.165, 1.54) is 18.4 Å². The van der Waals surface area contributed by atoms with Gasteiger partial charge in [0.15, 0.2) is 0 Å². The van der Waals surface area contributed by atoms with Crippen molar-refractivity contribution in [3.63, 3.8) is 0 Å². The van der Waals surface area contributed by atoms with Crippen LogP contribution in [0.25, 0.3) is 0 Å². The molecule has 2 nitrogen and oxygen atoms in total. The van der Waals surface area contributed by atoms with Crippen molar-refractivity contribution in [2.45, 2.75) is 26.2 Å². The highest BCUT2D eigenvalue weighted by atomic mass is 19.1. The molecule has 3 heteroatoms. The highest BCUT2D eigenvalue weighted by Crippen LogP contribution is 2.28. The number of hydrogen-bond acceptors (Lipinski definition) is 2. The fraction of sp³-hybridized carbons (Fsp3) is 0.571. The molecule has 0 aromatic heterocycles. The molecule has 0 spiro atoms. The molecule has 2 rings (SSSR count). The van der Waals surface area contributed by atoms with Crippen LogP contribution in [0.5, 0.6) is 0 Å². The van der Waals surface area contributed by atoms with Gasteiger partial charge in [-0.2, -0.15) is 0 Å². The normalized spacial score (nSPS) is 14.1. The summed E-state index contributed by atoms with van der Waals surface area (Å²) in [6.45, 7) is 6.33. The molecule has 0 saturated carbocycles. The highest BCUT2D eigenvalue weighted by Gasteiger charge is 2.18. The van der Waals surface area contributed by atoms with Crippen LogP contribution in [0.1, 0.15) is 25.3 Å². The molecular formula is C14H21FN2. The van der Waals surface area contributed by atoms with Gasteiger partial charge in [-0.15, -0.1) is 0 Å². The van der Waals surface area contributed by atoms with Crippen molar-refractivity contribution in [3.05, 3.63) is 29.6 Å². The lowest BCUT2D eigenvalue weighted by molar-refractivity contribution is 0.622. The van der Waals surface area contributed by atoms with E-state index in [1.807, 2.05) is 6.07 Å². The van der Waals surface area contributed by atoms with Gasteiger partial charge in [-0.3, -0.25) is 0 Å². The molecule has 94 valence electrons. The summed E-state index contributed by atoms with van der Waals surface area (Å²) in [6, 6.07) is 5.16. The molecule has 1 aliphatic rings. The number of halogens is 1. The first kappa shape index (κ1) is 12.4. The van der Waals surface area contributed by atoms with Gasteiger partial charge in [-0.1, -0.05) is 13.0 Å². The SMILES string of the molecule is CCNCCCCN1CCc2ccc(F)cc21. The second-order valence-electron chi connectivity index (χ2n) is 4.57. The number of benzene rings is 1. The number of unbranched alkanes of at least 4 members (excludes halogenated alkanes) is 1. The van der Waals surface area contributed by atoms with Gasteiger partial charge in [0.2, 0.25) is 0 Å². The van der Waals surface area contributed by atoms with E-state index in [9.17, 15) is 4.39 Å². The molecule has 0 amide bonds. The maximum Gasteiger partial charge on any atom is 0.125 e. The maximum atomic E-state index is 13.2. The van der Waals surface area contributed by atoms with Crippen LogP contribution in [-0.4, -0.2) is 26.2 Å². The van der Waals surface area contributed by atoms with Gasteiger partial charge in [-0.25, -0.2) is 4.39 Å². The number of nitrogens with zero attached hydrogens (tertiary/aromatic N) is 1. The van der Waals surface area contributed by atoms with Crippen LogP contribution in [0.15, 0.2) is 18.2 Å². The Morgan fingerprint density at radius 3 is 3.06 bits per heavy atom. The topological polar surface area (TPSA) is 15.3 Å². The average molecular weight is 236 g/mol. The standard InChI is InChI=1S/C14H21FN2/c1-2-16-8-3-4-9-17-10-7-12-5-6-13(15)11-14(12)17/h5-6,11,16H,2-4,7-10H2,1H3. The summed E-state index contributed by atoms with van der Waals surface area (Å²) in [4.78, 5) is 2.31. The lowest BCUT2D eigenvalue weighted by Crippen LogP contribution is -2.23. The van der Waals surface area contributed by atoms with Crippen molar-refractivity contribution in [1.29, 1.82) is 0 Å². The summed E-state index contributed by atoms with van der Waals surface area (Å²) in [6.07, 6.45) is 3.42. The lowest BCUT2D eigenvalue weighted by atomic mass is 10.1. The van der Waals surface area contributed by atoms with E-state index in [0.29, 0.717) is 0 Å². The summed E-state index contributed by atoms with van der Waals surface area (Å²) in [5.41, 5.74) is 2.39. The van der Waals surface area contributed by atoms with Crippen molar-refractivity contribution in [2.75, 3.05) is 31.1 Å². The van der Waals surface area contributed by atoms with Crippen molar-refractivity contribution >= 4 is 5.69 Å². The van der Waals surface area contributed by atoms with Gasteiger partial charge in [0, 0.05) is 18.8 Å². The minimum absolute atomic E-state index is 0.122. The Morgan fingerprint density at radius 2 is 2.24 bits per heavy atom. The zero-order chi connectivity index (χ0) is 12.1. The third kappa shape index (κ3) is 3.19. The fourth-order valence-corrected chi connectivity index (χ4v) is 2.38. The van der Waals surface area contributed by atoms with Crippen LogP contribution in [0, 0.1) is 5.82 Å². The molecule has 0 atom stereocenters. The Balaban J connectivity index is 1.82. The summed E-state index contributed by atoms with van der Waals surface area (Å²) >= 11 is 0. The van der Waals surface area contributed by atoms with Crippen LogP contribution >= 0.6 is 0 Å². The molecule has 1 aliphatic heterocycles. The van der Waals surface area contributed by atoms with Gasteiger partial charge in [0.1, 0.15) is 5.82 Å². The first-order valence-electron chi connectivity index (χ1n) is 6.55. The van der Waals surface area contributed by atoms with Crippen LogP contribution in [0.2, 0.25) is 0 Å². The average Bonchev–Trinajstić information content (AvgIpc) is 2.72. The Kier molecular flexibility index (Phi) is 4.37. The minimum atomic E-state index is -0.122. The van der Waals surface area contributed by atoms with Gasteiger partial charge in [-0.05, 0) is 50.0 Å². The van der Waals surface area contributed by atoms with E-state index in [1.54, 1.807) is 12.1 Å². The molecule has 1 heterocycles. The number of nitrogens with one attached hydrogen (secondary N) is 1. The number of fused-ring (bicyclic) bond motifs is 1. The van der Waals surface area contributed by atoms with Gasteiger partial charge in [0.05, 0.1) is 0 Å². The fourth-order valence-electron chi connectivity index (χ4n) is 2.38. The Labute approximate surface area is 103 Å². The Morgan fingerprint density at radius 1 is 1.35 bits per heavy atom. The maximum absolute atomic E-state index is 13.2. The summed E-state index contributed by atoms with van der Waals surface area (Å²) in [5, 5.41) is 3.32. The Bertz CT molecular complexity index is 365. The number of anilines is 1. The minimum Gasteiger partial charge on any atom is -0.371 e. The monoisotopic (exact) mass is 236 g/mol. The van der Waals surface area contributed by atoms with E-state index < -0.39 is 0 Å². The van der Waals surface area contributed by atoms with Gasteiger partial charge >= 0.3 is 0 Å². The van der Waals surface area contributed by atoms with E-state index in [2.05, 4.69) is 17.1 Å². The second-order valence-corrected chi connectivity index (χ2v) is 4.57. The zero-order valence-electron chi connectivity index (χ0n) is 10.5. The molecule has 1 aromatic rings. The van der Waals surface area contributed by atoms with Crippen LogP contribution in [-0.2, 0) is 6.42 Å². The quantitative estimate of drug-likeness (QED) is 0.764. The predicted molar refractivity (Wildman–Crippen MR) is 70.1 cm³/mol. The highest BCUT2D eigenvalue weighted by molar-refractivity contribution is 5.57. The summed E-state index contributed by atoms with van der Waals surface area (Å²) in [5.74, 6) is -0.122. The summed E-state index contributed by atoms with van der Waals surface area (Å²) < 4.78 is 13.2. The van der Waals surface area contributed by atoms with Crippen molar-refractivity contribution in [1.82, 2.24) is 5.32 Å².